The average molecular weight is 362 g/mol. The molecule has 27 heavy (non-hydrogen) atoms. The largest absolute Gasteiger partial charge is 0.492 e. The molecule has 3 aromatic rings. The van der Waals surface area contributed by atoms with Crippen molar-refractivity contribution in [1.82, 2.24) is 15.2 Å². The summed E-state index contributed by atoms with van der Waals surface area (Å²) in [6, 6.07) is 20.2. The lowest BCUT2D eigenvalue weighted by atomic mass is 10.1. The van der Waals surface area contributed by atoms with E-state index in [1.807, 2.05) is 61.8 Å². The summed E-state index contributed by atoms with van der Waals surface area (Å²) in [6.45, 7) is 4.75. The molecule has 0 aliphatic heterocycles. The highest BCUT2D eigenvalue weighted by Crippen LogP contribution is 2.17. The van der Waals surface area contributed by atoms with E-state index in [2.05, 4.69) is 34.3 Å². The van der Waals surface area contributed by atoms with E-state index in [4.69, 9.17) is 9.73 Å². The molecule has 140 valence electrons. The zero-order valence-corrected chi connectivity index (χ0v) is 15.9. The van der Waals surface area contributed by atoms with Crippen molar-refractivity contribution in [3.63, 3.8) is 0 Å². The molecule has 5 nitrogen and oxygen atoms in total. The molecule has 1 N–H and O–H groups in total. The standard InChI is InChI=1S/C22H26N4O/c1-3-23-22(26(2)15-16-27-19-10-5-4-6-11-19)25-17-21-20-12-8-7-9-18(20)13-14-24-21/h4-14H,3,15-17H2,1-2H3,(H,23,25). The van der Waals surface area contributed by atoms with E-state index < -0.39 is 0 Å². The van der Waals surface area contributed by atoms with Gasteiger partial charge in [0.2, 0.25) is 0 Å². The van der Waals surface area contributed by atoms with Crippen LogP contribution in [0.5, 0.6) is 5.75 Å². The SMILES string of the molecule is CCNC(=NCc1nccc2ccccc12)N(C)CCOc1ccccc1. The Morgan fingerprint density at radius 2 is 1.85 bits per heavy atom. The number of likely N-dealkylation sites (N-methyl/N-ethyl adjacent to an activating group) is 1. The number of fused-ring (bicyclic) bond motifs is 1. The lowest BCUT2D eigenvalue weighted by Gasteiger charge is -2.22. The van der Waals surface area contributed by atoms with Crippen molar-refractivity contribution >= 4 is 16.7 Å². The number of ether oxygens (including phenoxy) is 1. The van der Waals surface area contributed by atoms with Crippen LogP contribution in [0.25, 0.3) is 10.8 Å². The van der Waals surface area contributed by atoms with Crippen molar-refractivity contribution < 1.29 is 4.74 Å². The predicted molar refractivity (Wildman–Crippen MR) is 111 cm³/mol. The van der Waals surface area contributed by atoms with Crippen LogP contribution in [-0.4, -0.2) is 42.6 Å². The van der Waals surface area contributed by atoms with Crippen LogP contribution in [0.15, 0.2) is 71.9 Å². The number of para-hydroxylation sites is 1. The molecule has 3 rings (SSSR count). The van der Waals surface area contributed by atoms with Gasteiger partial charge in [-0.1, -0.05) is 42.5 Å². The summed E-state index contributed by atoms with van der Waals surface area (Å²) in [7, 11) is 2.02. The third-order valence-electron chi connectivity index (χ3n) is 4.27. The molecule has 0 aliphatic carbocycles. The van der Waals surface area contributed by atoms with Crippen LogP contribution in [0, 0.1) is 0 Å². The summed E-state index contributed by atoms with van der Waals surface area (Å²) in [6.07, 6.45) is 1.84. The topological polar surface area (TPSA) is 49.8 Å². The number of nitrogens with zero attached hydrogens (tertiary/aromatic N) is 3. The molecule has 0 unspecified atom stereocenters. The molecule has 0 saturated carbocycles. The monoisotopic (exact) mass is 362 g/mol. The molecule has 0 radical (unpaired) electrons. The van der Waals surface area contributed by atoms with E-state index in [-0.39, 0.29) is 0 Å². The van der Waals surface area contributed by atoms with Gasteiger partial charge in [-0.05, 0) is 30.5 Å². The van der Waals surface area contributed by atoms with Crippen molar-refractivity contribution in [3.05, 3.63) is 72.6 Å². The van der Waals surface area contributed by atoms with E-state index in [1.165, 1.54) is 5.39 Å². The van der Waals surface area contributed by atoms with Crippen molar-refractivity contribution in [2.24, 2.45) is 4.99 Å². The van der Waals surface area contributed by atoms with Crippen LogP contribution in [-0.2, 0) is 6.54 Å². The Labute approximate surface area is 160 Å². The minimum Gasteiger partial charge on any atom is -0.492 e. The first kappa shape index (κ1) is 18.7. The highest BCUT2D eigenvalue weighted by molar-refractivity contribution is 5.85. The fourth-order valence-corrected chi connectivity index (χ4v) is 2.85. The predicted octanol–water partition coefficient (Wildman–Crippen LogP) is 3.71. The maximum atomic E-state index is 5.79. The average Bonchev–Trinajstić information content (AvgIpc) is 2.72. The molecule has 0 amide bonds. The van der Waals surface area contributed by atoms with E-state index in [1.54, 1.807) is 0 Å². The fraction of sp³-hybridized carbons (Fsp3) is 0.273. The first-order chi connectivity index (χ1) is 13.3. The van der Waals surface area contributed by atoms with Gasteiger partial charge in [0.05, 0.1) is 18.8 Å². The Morgan fingerprint density at radius 1 is 1.07 bits per heavy atom. The van der Waals surface area contributed by atoms with Crippen molar-refractivity contribution in [2.75, 3.05) is 26.7 Å². The van der Waals surface area contributed by atoms with Gasteiger partial charge in [-0.3, -0.25) is 4.98 Å². The third-order valence-corrected chi connectivity index (χ3v) is 4.27. The number of benzene rings is 2. The van der Waals surface area contributed by atoms with Crippen molar-refractivity contribution in [3.8, 4) is 5.75 Å². The van der Waals surface area contributed by atoms with Crippen LogP contribution < -0.4 is 10.1 Å². The van der Waals surface area contributed by atoms with E-state index in [0.717, 1.165) is 35.9 Å². The molecule has 2 aromatic carbocycles. The molecule has 0 bridgehead atoms. The summed E-state index contributed by atoms with van der Waals surface area (Å²) < 4.78 is 5.79. The summed E-state index contributed by atoms with van der Waals surface area (Å²) in [5.74, 6) is 1.73. The Morgan fingerprint density at radius 3 is 2.67 bits per heavy atom. The van der Waals surface area contributed by atoms with Crippen molar-refractivity contribution in [2.45, 2.75) is 13.5 Å². The van der Waals surface area contributed by atoms with Gasteiger partial charge in [0.15, 0.2) is 5.96 Å². The number of hydrogen-bond donors (Lipinski definition) is 1. The van der Waals surface area contributed by atoms with Gasteiger partial charge in [0, 0.05) is 25.2 Å². The Balaban J connectivity index is 1.64. The molecule has 0 atom stereocenters. The van der Waals surface area contributed by atoms with Crippen LogP contribution in [0.1, 0.15) is 12.6 Å². The molecular weight excluding hydrogens is 336 g/mol. The second kappa shape index (κ2) is 9.57. The molecule has 0 fully saturated rings. The first-order valence-corrected chi connectivity index (χ1v) is 9.28. The summed E-state index contributed by atoms with van der Waals surface area (Å²) in [4.78, 5) is 11.4. The zero-order valence-electron chi connectivity index (χ0n) is 15.9. The van der Waals surface area contributed by atoms with Gasteiger partial charge >= 0.3 is 0 Å². The number of pyridine rings is 1. The van der Waals surface area contributed by atoms with Gasteiger partial charge in [-0.15, -0.1) is 0 Å². The maximum absolute atomic E-state index is 5.79. The first-order valence-electron chi connectivity index (χ1n) is 9.28. The Kier molecular flexibility index (Phi) is 6.63. The van der Waals surface area contributed by atoms with Gasteiger partial charge in [-0.25, -0.2) is 4.99 Å². The molecule has 0 aliphatic rings. The smallest absolute Gasteiger partial charge is 0.194 e. The van der Waals surface area contributed by atoms with Gasteiger partial charge in [-0.2, -0.15) is 0 Å². The molecule has 0 saturated heterocycles. The second-order valence-corrected chi connectivity index (χ2v) is 6.23. The molecule has 5 heteroatoms. The maximum Gasteiger partial charge on any atom is 0.194 e. The van der Waals surface area contributed by atoms with Gasteiger partial charge in [0.25, 0.3) is 0 Å². The van der Waals surface area contributed by atoms with Gasteiger partial charge < -0.3 is 15.0 Å². The lowest BCUT2D eigenvalue weighted by molar-refractivity contribution is 0.281. The zero-order chi connectivity index (χ0) is 18.9. The molecule has 1 heterocycles. The summed E-state index contributed by atoms with van der Waals surface area (Å²) >= 11 is 0. The lowest BCUT2D eigenvalue weighted by Crippen LogP contribution is -2.40. The Hall–Kier alpha value is -3.08. The minimum atomic E-state index is 0.535. The number of nitrogens with one attached hydrogen (secondary N) is 1. The molecular formula is C22H26N4O. The van der Waals surface area contributed by atoms with Crippen LogP contribution in [0.4, 0.5) is 0 Å². The number of guanidine groups is 1. The second-order valence-electron chi connectivity index (χ2n) is 6.23. The normalized spacial score (nSPS) is 11.4. The number of aliphatic imine (C=N–C) groups is 1. The number of aromatic nitrogens is 1. The highest BCUT2D eigenvalue weighted by Gasteiger charge is 2.07. The minimum absolute atomic E-state index is 0.535. The van der Waals surface area contributed by atoms with Crippen LogP contribution >= 0.6 is 0 Å². The number of hydrogen-bond acceptors (Lipinski definition) is 3. The van der Waals surface area contributed by atoms with Crippen molar-refractivity contribution in [1.29, 1.82) is 0 Å². The third kappa shape index (κ3) is 5.20. The molecule has 1 aromatic heterocycles. The highest BCUT2D eigenvalue weighted by atomic mass is 16.5. The van der Waals surface area contributed by atoms with E-state index in [9.17, 15) is 0 Å². The quantitative estimate of drug-likeness (QED) is 0.514. The fourth-order valence-electron chi connectivity index (χ4n) is 2.85. The van der Waals surface area contributed by atoms with E-state index in [0.29, 0.717) is 13.2 Å². The summed E-state index contributed by atoms with van der Waals surface area (Å²) in [5.41, 5.74) is 0.984. The summed E-state index contributed by atoms with van der Waals surface area (Å²) in [5, 5.41) is 5.68. The van der Waals surface area contributed by atoms with E-state index >= 15 is 0 Å². The molecule has 0 spiro atoms. The van der Waals surface area contributed by atoms with Crippen LogP contribution in [0.2, 0.25) is 0 Å². The van der Waals surface area contributed by atoms with Crippen LogP contribution in [0.3, 0.4) is 0 Å². The Bertz CT molecular complexity index is 874. The number of rotatable bonds is 7. The van der Waals surface area contributed by atoms with Gasteiger partial charge in [0.1, 0.15) is 12.4 Å².